The molecule has 0 spiro atoms. The molecule has 1 aliphatic rings. The van der Waals surface area contributed by atoms with Gasteiger partial charge < -0.3 is 10.1 Å². The Balaban J connectivity index is -0.0000000667. The summed E-state index contributed by atoms with van der Waals surface area (Å²) in [6, 6.07) is -0.405. The summed E-state index contributed by atoms with van der Waals surface area (Å²) in [5.74, 6) is -0.429. The number of nitrogens with one attached hydrogen (secondary N) is 1. The second kappa shape index (κ2) is 12.9. The normalized spacial score (nSPS) is 16.1. The Morgan fingerprint density at radius 1 is 1.27 bits per heavy atom. The van der Waals surface area contributed by atoms with Crippen molar-refractivity contribution in [2.24, 2.45) is 0 Å². The highest BCUT2D eigenvalue weighted by atomic mass is 16.5. The van der Waals surface area contributed by atoms with Crippen LogP contribution in [-0.2, 0) is 14.3 Å². The predicted octanol–water partition coefficient (Wildman–Crippen LogP) is 2.62. The van der Waals surface area contributed by atoms with E-state index < -0.39 is 6.04 Å². The summed E-state index contributed by atoms with van der Waals surface area (Å²) >= 11 is 0. The standard InChI is InChI=1S/C6H9NO3.5CH4/c1-10-6(9)4-2-3-5(8)7-4;;;;;/h4H,2-3H2,1H3,(H,7,8);5*1H4. The maximum absolute atomic E-state index is 10.7. The lowest BCUT2D eigenvalue weighted by atomic mass is 10.2. The first-order valence-corrected chi connectivity index (χ1v) is 3.11. The summed E-state index contributed by atoms with van der Waals surface area (Å²) in [4.78, 5) is 21.3. The van der Waals surface area contributed by atoms with Crippen LogP contribution in [0.5, 0.6) is 0 Å². The van der Waals surface area contributed by atoms with E-state index >= 15 is 0 Å². The molecule has 1 fully saturated rings. The first-order valence-electron chi connectivity index (χ1n) is 3.11. The summed E-state index contributed by atoms with van der Waals surface area (Å²) in [6.45, 7) is 0. The van der Waals surface area contributed by atoms with Crippen LogP contribution in [0.3, 0.4) is 0 Å². The van der Waals surface area contributed by atoms with Crippen LogP contribution >= 0.6 is 0 Å². The molecule has 1 N–H and O–H groups in total. The maximum atomic E-state index is 10.7. The third kappa shape index (κ3) is 7.97. The minimum atomic E-state index is -0.405. The summed E-state index contributed by atoms with van der Waals surface area (Å²) in [7, 11) is 1.31. The van der Waals surface area contributed by atoms with E-state index in [1.165, 1.54) is 7.11 Å². The molecule has 4 heteroatoms. The summed E-state index contributed by atoms with van der Waals surface area (Å²) < 4.78 is 4.43. The van der Waals surface area contributed by atoms with Crippen LogP contribution in [0.1, 0.15) is 50.0 Å². The van der Waals surface area contributed by atoms with Crippen LogP contribution in [0.15, 0.2) is 0 Å². The van der Waals surface area contributed by atoms with Crippen molar-refractivity contribution < 1.29 is 14.3 Å². The highest BCUT2D eigenvalue weighted by Crippen LogP contribution is 2.06. The number of rotatable bonds is 1. The Morgan fingerprint density at radius 3 is 2.00 bits per heavy atom. The van der Waals surface area contributed by atoms with Gasteiger partial charge in [-0.1, -0.05) is 37.1 Å². The topological polar surface area (TPSA) is 55.4 Å². The van der Waals surface area contributed by atoms with Gasteiger partial charge in [-0.25, -0.2) is 4.79 Å². The third-order valence-electron chi connectivity index (χ3n) is 1.48. The molecule has 96 valence electrons. The van der Waals surface area contributed by atoms with Gasteiger partial charge in [-0.05, 0) is 6.42 Å². The number of amides is 1. The first-order chi connectivity index (χ1) is 4.74. The average molecular weight is 223 g/mol. The van der Waals surface area contributed by atoms with Gasteiger partial charge in [-0.3, -0.25) is 4.79 Å². The van der Waals surface area contributed by atoms with Crippen LogP contribution in [0.2, 0.25) is 0 Å². The predicted molar refractivity (Wildman–Crippen MR) is 66.8 cm³/mol. The van der Waals surface area contributed by atoms with Gasteiger partial charge in [0.05, 0.1) is 7.11 Å². The zero-order valence-corrected chi connectivity index (χ0v) is 5.72. The quantitative estimate of drug-likeness (QED) is 0.695. The second-order valence-electron chi connectivity index (χ2n) is 2.18. The smallest absolute Gasteiger partial charge is 0.328 e. The SMILES string of the molecule is C.C.C.C.C.COC(=O)C1CCC(=O)N1. The van der Waals surface area contributed by atoms with E-state index in [9.17, 15) is 9.59 Å². The van der Waals surface area contributed by atoms with E-state index in [4.69, 9.17) is 0 Å². The number of carbonyl (C=O) groups excluding carboxylic acids is 2. The average Bonchev–Trinajstić information content (AvgIpc) is 2.34. The van der Waals surface area contributed by atoms with Gasteiger partial charge in [0.25, 0.3) is 0 Å². The fourth-order valence-electron chi connectivity index (χ4n) is 0.933. The minimum absolute atomic E-state index is 0. The molecule has 1 rings (SSSR count). The number of ether oxygens (including phenoxy) is 1. The molecule has 1 amide bonds. The fraction of sp³-hybridized carbons (Fsp3) is 0.818. The van der Waals surface area contributed by atoms with Crippen LogP contribution in [0, 0.1) is 0 Å². The van der Waals surface area contributed by atoms with Gasteiger partial charge in [0.1, 0.15) is 6.04 Å². The lowest BCUT2D eigenvalue weighted by molar-refractivity contribution is -0.143. The maximum Gasteiger partial charge on any atom is 0.328 e. The van der Waals surface area contributed by atoms with Crippen LogP contribution < -0.4 is 5.32 Å². The molecule has 0 saturated carbocycles. The summed E-state index contributed by atoms with van der Waals surface area (Å²) in [5.41, 5.74) is 0. The van der Waals surface area contributed by atoms with E-state index in [2.05, 4.69) is 10.1 Å². The van der Waals surface area contributed by atoms with Gasteiger partial charge >= 0.3 is 5.97 Å². The zero-order valence-electron chi connectivity index (χ0n) is 5.72. The zero-order chi connectivity index (χ0) is 7.56. The largest absolute Gasteiger partial charge is 0.467 e. The minimum Gasteiger partial charge on any atom is -0.467 e. The van der Waals surface area contributed by atoms with Gasteiger partial charge in [0.2, 0.25) is 5.91 Å². The Labute approximate surface area is 95.4 Å². The van der Waals surface area contributed by atoms with Gasteiger partial charge in [0.15, 0.2) is 0 Å². The van der Waals surface area contributed by atoms with Crippen molar-refractivity contribution in [3.63, 3.8) is 0 Å². The Bertz CT molecular complexity index is 169. The Morgan fingerprint density at radius 2 is 1.73 bits per heavy atom. The van der Waals surface area contributed by atoms with Gasteiger partial charge in [-0.2, -0.15) is 0 Å². The molecule has 1 heterocycles. The van der Waals surface area contributed by atoms with Crippen molar-refractivity contribution in [1.82, 2.24) is 5.32 Å². The highest BCUT2D eigenvalue weighted by molar-refractivity contribution is 5.87. The van der Waals surface area contributed by atoms with E-state index in [0.29, 0.717) is 12.8 Å². The van der Waals surface area contributed by atoms with Crippen LogP contribution in [-0.4, -0.2) is 25.0 Å². The molecule has 1 unspecified atom stereocenters. The molecule has 1 saturated heterocycles. The number of esters is 1. The van der Waals surface area contributed by atoms with Crippen molar-refractivity contribution >= 4 is 11.9 Å². The van der Waals surface area contributed by atoms with Crippen molar-refractivity contribution in [3.8, 4) is 0 Å². The molecular formula is C11H29NO3. The molecule has 1 aliphatic heterocycles. The highest BCUT2D eigenvalue weighted by Gasteiger charge is 2.27. The van der Waals surface area contributed by atoms with Crippen molar-refractivity contribution in [1.29, 1.82) is 0 Å². The number of hydrogen-bond acceptors (Lipinski definition) is 3. The van der Waals surface area contributed by atoms with Crippen LogP contribution in [0.4, 0.5) is 0 Å². The molecule has 15 heavy (non-hydrogen) atoms. The lowest BCUT2D eigenvalue weighted by Crippen LogP contribution is -2.33. The fourth-order valence-corrected chi connectivity index (χ4v) is 0.933. The molecule has 0 aromatic carbocycles. The first kappa shape index (κ1) is 29.2. The number of hydrogen-bond donors (Lipinski definition) is 1. The Kier molecular flexibility index (Phi) is 25.2. The van der Waals surface area contributed by atoms with Crippen LogP contribution in [0.25, 0.3) is 0 Å². The summed E-state index contributed by atoms with van der Waals surface area (Å²) in [6.07, 6.45) is 0.991. The number of carbonyl (C=O) groups is 2. The lowest BCUT2D eigenvalue weighted by Gasteiger charge is -2.04. The monoisotopic (exact) mass is 223 g/mol. The molecule has 0 aromatic rings. The molecular weight excluding hydrogens is 194 g/mol. The molecule has 0 aromatic heterocycles. The molecule has 4 nitrogen and oxygen atoms in total. The van der Waals surface area contributed by atoms with E-state index in [0.717, 1.165) is 0 Å². The molecule has 0 bridgehead atoms. The molecule has 0 radical (unpaired) electrons. The van der Waals surface area contributed by atoms with Crippen molar-refractivity contribution in [3.05, 3.63) is 0 Å². The van der Waals surface area contributed by atoms with Gasteiger partial charge in [0, 0.05) is 6.42 Å². The Hall–Kier alpha value is -1.06. The van der Waals surface area contributed by atoms with Gasteiger partial charge in [-0.15, -0.1) is 0 Å². The second-order valence-corrected chi connectivity index (χ2v) is 2.18. The summed E-state index contributed by atoms with van der Waals surface area (Å²) in [5, 5.41) is 2.49. The van der Waals surface area contributed by atoms with E-state index in [-0.39, 0.29) is 49.0 Å². The van der Waals surface area contributed by atoms with Crippen molar-refractivity contribution in [2.45, 2.75) is 56.0 Å². The van der Waals surface area contributed by atoms with E-state index in [1.54, 1.807) is 0 Å². The van der Waals surface area contributed by atoms with E-state index in [1.807, 2.05) is 0 Å². The number of methoxy groups -OCH3 is 1. The van der Waals surface area contributed by atoms with Crippen molar-refractivity contribution in [2.75, 3.05) is 7.11 Å². The third-order valence-corrected chi connectivity index (χ3v) is 1.48. The molecule has 0 aliphatic carbocycles. The molecule has 1 atom stereocenters.